The second-order valence-electron chi connectivity index (χ2n) is 5.83. The molecule has 0 saturated heterocycles. The average molecular weight is 312 g/mol. The van der Waals surface area contributed by atoms with Crippen LogP contribution in [0, 0.1) is 5.92 Å². The fourth-order valence-corrected chi connectivity index (χ4v) is 3.90. The second-order valence-corrected chi connectivity index (χ2v) is 6.69. The molecule has 0 spiro atoms. The first-order valence-corrected chi connectivity index (χ1v) is 7.96. The third-order valence-electron chi connectivity index (χ3n) is 4.44. The molecule has 18 heavy (non-hydrogen) atoms. The minimum atomic E-state index is 0.673. The van der Waals surface area contributed by atoms with E-state index >= 15 is 0 Å². The molecule has 0 aromatic carbocycles. The lowest BCUT2D eigenvalue weighted by atomic mass is 9.77. The van der Waals surface area contributed by atoms with E-state index in [1.807, 2.05) is 6.20 Å². The zero-order valence-corrected chi connectivity index (χ0v) is 12.6. The zero-order valence-electron chi connectivity index (χ0n) is 11.0. The van der Waals surface area contributed by atoms with Crippen LogP contribution in [0.2, 0.25) is 0 Å². The van der Waals surface area contributed by atoms with Crippen molar-refractivity contribution in [2.75, 3.05) is 6.54 Å². The summed E-state index contributed by atoms with van der Waals surface area (Å²) < 4.78 is 3.25. The van der Waals surface area contributed by atoms with Crippen molar-refractivity contribution in [2.45, 2.75) is 50.5 Å². The van der Waals surface area contributed by atoms with Crippen molar-refractivity contribution in [2.24, 2.45) is 13.0 Å². The molecule has 1 heterocycles. The maximum atomic E-state index is 4.38. The van der Waals surface area contributed by atoms with Gasteiger partial charge in [0.05, 0.1) is 16.4 Å². The van der Waals surface area contributed by atoms with Gasteiger partial charge in [-0.15, -0.1) is 0 Å². The predicted molar refractivity (Wildman–Crippen MR) is 76.6 cm³/mol. The highest BCUT2D eigenvalue weighted by Crippen LogP contribution is 2.40. The summed E-state index contributed by atoms with van der Waals surface area (Å²) in [7, 11) is 2.07. The Morgan fingerprint density at radius 1 is 1.33 bits per heavy atom. The first-order chi connectivity index (χ1) is 8.75. The lowest BCUT2D eigenvalue weighted by Crippen LogP contribution is -2.31. The van der Waals surface area contributed by atoms with E-state index in [1.54, 1.807) is 0 Å². The molecule has 1 N–H and O–H groups in total. The number of rotatable bonds is 4. The van der Waals surface area contributed by atoms with Gasteiger partial charge < -0.3 is 5.32 Å². The van der Waals surface area contributed by atoms with Crippen LogP contribution in [0.1, 0.15) is 50.1 Å². The number of aromatic nitrogens is 2. The van der Waals surface area contributed by atoms with Crippen molar-refractivity contribution >= 4 is 15.9 Å². The Morgan fingerprint density at radius 3 is 2.78 bits per heavy atom. The zero-order chi connectivity index (χ0) is 12.5. The first kappa shape index (κ1) is 12.7. The van der Waals surface area contributed by atoms with Crippen molar-refractivity contribution in [3.63, 3.8) is 0 Å². The van der Waals surface area contributed by atoms with E-state index in [0.717, 1.165) is 12.0 Å². The molecule has 0 bridgehead atoms. The van der Waals surface area contributed by atoms with E-state index in [4.69, 9.17) is 0 Å². The first-order valence-electron chi connectivity index (χ1n) is 7.16. The topological polar surface area (TPSA) is 29.9 Å². The van der Waals surface area contributed by atoms with E-state index in [2.05, 4.69) is 38.1 Å². The molecule has 2 aliphatic carbocycles. The minimum Gasteiger partial charge on any atom is -0.314 e. The number of nitrogens with zero attached hydrogens (tertiary/aromatic N) is 2. The van der Waals surface area contributed by atoms with Gasteiger partial charge in [0.2, 0.25) is 0 Å². The molecule has 3 rings (SSSR count). The Morgan fingerprint density at radius 2 is 2.11 bits per heavy atom. The fraction of sp³-hybridized carbons (Fsp3) is 0.786. The van der Waals surface area contributed by atoms with Gasteiger partial charge in [0, 0.05) is 19.0 Å². The van der Waals surface area contributed by atoms with Crippen LogP contribution in [0.3, 0.4) is 0 Å². The van der Waals surface area contributed by atoms with Crippen molar-refractivity contribution in [3.05, 3.63) is 16.4 Å². The lowest BCUT2D eigenvalue weighted by molar-refractivity contribution is 0.284. The summed E-state index contributed by atoms with van der Waals surface area (Å²) in [6.07, 6.45) is 10.1. The van der Waals surface area contributed by atoms with E-state index in [9.17, 15) is 0 Å². The molecule has 1 aromatic rings. The highest BCUT2D eigenvalue weighted by Gasteiger charge is 2.31. The third-order valence-corrected chi connectivity index (χ3v) is 5.05. The molecule has 3 nitrogen and oxygen atoms in total. The highest BCUT2D eigenvalue weighted by atomic mass is 79.9. The van der Waals surface area contributed by atoms with Gasteiger partial charge in [-0.05, 0) is 54.1 Å². The van der Waals surface area contributed by atoms with E-state index in [0.29, 0.717) is 5.92 Å². The molecular weight excluding hydrogens is 290 g/mol. The fourth-order valence-electron chi connectivity index (χ4n) is 3.25. The third kappa shape index (κ3) is 2.64. The van der Waals surface area contributed by atoms with Gasteiger partial charge in [-0.2, -0.15) is 5.10 Å². The normalized spacial score (nSPS) is 28.6. The van der Waals surface area contributed by atoms with Crippen molar-refractivity contribution in [1.82, 2.24) is 15.1 Å². The quantitative estimate of drug-likeness (QED) is 0.925. The summed E-state index contributed by atoms with van der Waals surface area (Å²) in [4.78, 5) is 0. The van der Waals surface area contributed by atoms with Gasteiger partial charge in [0.15, 0.2) is 0 Å². The van der Waals surface area contributed by atoms with Crippen molar-refractivity contribution in [3.8, 4) is 0 Å². The molecule has 2 aliphatic rings. The smallest absolute Gasteiger partial charge is 0.0635 e. The maximum absolute atomic E-state index is 4.38. The van der Waals surface area contributed by atoms with Crippen LogP contribution in [0.25, 0.3) is 0 Å². The summed E-state index contributed by atoms with van der Waals surface area (Å²) in [5, 5.41) is 8.09. The number of hydrogen-bond donors (Lipinski definition) is 1. The number of halogens is 1. The molecule has 2 unspecified atom stereocenters. The molecule has 2 saturated carbocycles. The summed E-state index contributed by atoms with van der Waals surface area (Å²) in [5.74, 6) is 1.46. The van der Waals surface area contributed by atoms with Crippen molar-refractivity contribution < 1.29 is 0 Å². The SMILES string of the molecule is Cn1ncc(Br)c1C1CCCCC1CNC1CC1. The Bertz CT molecular complexity index is 392. The highest BCUT2D eigenvalue weighted by molar-refractivity contribution is 9.10. The standard InChI is InChI=1S/C14H22BrN3/c1-18-14(13(15)9-17-18)12-5-3-2-4-10(12)8-16-11-6-7-11/h9-12,16H,2-8H2,1H3. The van der Waals surface area contributed by atoms with Crippen LogP contribution in [0.5, 0.6) is 0 Å². The Hall–Kier alpha value is -0.350. The molecule has 1 aromatic heterocycles. The van der Waals surface area contributed by atoms with E-state index in [-0.39, 0.29) is 0 Å². The number of nitrogens with one attached hydrogen (secondary N) is 1. The average Bonchev–Trinajstić information content (AvgIpc) is 3.14. The Kier molecular flexibility index (Phi) is 3.76. The van der Waals surface area contributed by atoms with Gasteiger partial charge in [0.25, 0.3) is 0 Å². The van der Waals surface area contributed by atoms with Crippen LogP contribution in [-0.4, -0.2) is 22.4 Å². The number of aryl methyl sites for hydroxylation is 1. The molecule has 0 amide bonds. The Balaban J connectivity index is 1.73. The van der Waals surface area contributed by atoms with Crippen LogP contribution in [-0.2, 0) is 7.05 Å². The van der Waals surface area contributed by atoms with Gasteiger partial charge in [-0.3, -0.25) is 4.68 Å². The van der Waals surface area contributed by atoms with Gasteiger partial charge in [-0.1, -0.05) is 12.8 Å². The minimum absolute atomic E-state index is 0.673. The molecule has 2 atom stereocenters. The Labute approximate surface area is 117 Å². The maximum Gasteiger partial charge on any atom is 0.0635 e. The van der Waals surface area contributed by atoms with Crippen LogP contribution in [0.15, 0.2) is 10.7 Å². The lowest BCUT2D eigenvalue weighted by Gasteiger charge is -2.32. The second kappa shape index (κ2) is 5.33. The van der Waals surface area contributed by atoms with E-state index < -0.39 is 0 Å². The summed E-state index contributed by atoms with van der Waals surface area (Å²) >= 11 is 3.67. The summed E-state index contributed by atoms with van der Waals surface area (Å²) in [6.45, 7) is 1.19. The van der Waals surface area contributed by atoms with E-state index in [1.165, 1.54) is 55.2 Å². The monoisotopic (exact) mass is 311 g/mol. The van der Waals surface area contributed by atoms with Crippen LogP contribution >= 0.6 is 15.9 Å². The number of hydrogen-bond acceptors (Lipinski definition) is 2. The molecule has 0 radical (unpaired) electrons. The summed E-state index contributed by atoms with van der Waals surface area (Å²) in [6, 6.07) is 0.822. The molecular formula is C14H22BrN3. The van der Waals surface area contributed by atoms with Gasteiger partial charge in [0.1, 0.15) is 0 Å². The molecule has 100 valence electrons. The van der Waals surface area contributed by atoms with Gasteiger partial charge in [-0.25, -0.2) is 0 Å². The molecule has 4 heteroatoms. The van der Waals surface area contributed by atoms with Crippen LogP contribution < -0.4 is 5.32 Å². The molecule has 0 aliphatic heterocycles. The predicted octanol–water partition coefficient (Wildman–Crippen LogP) is 3.21. The summed E-state index contributed by atoms with van der Waals surface area (Å²) in [5.41, 5.74) is 1.40. The van der Waals surface area contributed by atoms with Crippen molar-refractivity contribution in [1.29, 1.82) is 0 Å². The van der Waals surface area contributed by atoms with Crippen LogP contribution in [0.4, 0.5) is 0 Å². The molecule has 2 fully saturated rings. The van der Waals surface area contributed by atoms with Gasteiger partial charge >= 0.3 is 0 Å². The largest absolute Gasteiger partial charge is 0.314 e.